The predicted molar refractivity (Wildman–Crippen MR) is 114 cm³/mol. The van der Waals surface area contributed by atoms with Crippen LogP contribution in [0.4, 0.5) is 0 Å². The molecule has 0 aromatic heterocycles. The third kappa shape index (κ3) is 16.6. The number of rotatable bonds is 20. The van der Waals surface area contributed by atoms with Crippen LogP contribution in [0.3, 0.4) is 0 Å². The van der Waals surface area contributed by atoms with Gasteiger partial charge in [0.1, 0.15) is 10.1 Å². The van der Waals surface area contributed by atoms with Crippen LogP contribution in [0.2, 0.25) is 0 Å². The Morgan fingerprint density at radius 2 is 0.857 bits per heavy atom. The molecule has 0 amide bonds. The van der Waals surface area contributed by atoms with E-state index in [0.29, 0.717) is 12.8 Å². The minimum atomic E-state index is -4.67. The molecular weight excluding hydrogens is 383 g/mol. The molecule has 28 heavy (non-hydrogen) atoms. The first-order chi connectivity index (χ1) is 12.9. The van der Waals surface area contributed by atoms with E-state index in [0.717, 1.165) is 38.5 Å². The van der Waals surface area contributed by atoms with Gasteiger partial charge in [-0.25, -0.2) is 8.42 Å². The molecule has 1 unspecified atom stereocenters. The van der Waals surface area contributed by atoms with Crippen LogP contribution in [-0.4, -0.2) is 23.0 Å². The van der Waals surface area contributed by atoms with E-state index in [1.807, 2.05) is 0 Å². The molecule has 0 aromatic carbocycles. The Labute approximate surface area is 197 Å². The summed E-state index contributed by atoms with van der Waals surface area (Å²) >= 11 is 0. The summed E-state index contributed by atoms with van der Waals surface area (Å²) in [7, 11) is -4.67. The van der Waals surface area contributed by atoms with Gasteiger partial charge in [0.05, 0.1) is 0 Å². The van der Waals surface area contributed by atoms with Crippen molar-refractivity contribution >= 4 is 10.1 Å². The Kier molecular flexibility index (Phi) is 22.0. The van der Waals surface area contributed by atoms with E-state index in [-0.39, 0.29) is 42.4 Å². The smallest absolute Gasteiger partial charge is 0.746 e. The Balaban J connectivity index is 0. The maximum absolute atomic E-state index is 11.5. The van der Waals surface area contributed by atoms with Crippen molar-refractivity contribution in [2.45, 2.75) is 141 Å². The Bertz CT molecular complexity index is 428. The zero-order valence-electron chi connectivity index (χ0n) is 19.0. The van der Waals surface area contributed by atoms with E-state index in [4.69, 9.17) is 0 Å². The van der Waals surface area contributed by atoms with Crippen LogP contribution in [-0.2, 0) is 10.1 Å². The third-order valence-corrected chi connectivity index (χ3v) is 6.90. The summed E-state index contributed by atoms with van der Waals surface area (Å²) in [6.07, 6.45) is 19.0. The molecule has 164 valence electrons. The largest absolute Gasteiger partial charge is 1.00 e. The van der Waals surface area contributed by atoms with Gasteiger partial charge in [-0.15, -0.1) is 0 Å². The summed E-state index contributed by atoms with van der Waals surface area (Å²) in [5.74, 6) is 0. The molecule has 0 saturated heterocycles. The minimum Gasteiger partial charge on any atom is -0.746 e. The van der Waals surface area contributed by atoms with E-state index in [2.05, 4.69) is 13.8 Å². The molecule has 0 aromatic rings. The molecule has 0 rings (SSSR count). The molecule has 0 saturated carbocycles. The van der Waals surface area contributed by atoms with Gasteiger partial charge >= 0.3 is 29.6 Å². The molecule has 1 atom stereocenters. The number of hydrogen-bond donors (Lipinski definition) is 1. The summed E-state index contributed by atoms with van der Waals surface area (Å²) in [4.78, 5) is -2.06. The summed E-state index contributed by atoms with van der Waals surface area (Å²) in [6.45, 7) is 4.39. The van der Waals surface area contributed by atoms with Crippen molar-refractivity contribution in [3.63, 3.8) is 0 Å². The number of hydrogen-bond acceptors (Lipinski definition) is 4. The fraction of sp³-hybridized carbons (Fsp3) is 1.00. The molecule has 0 fully saturated rings. The van der Waals surface area contributed by atoms with Crippen molar-refractivity contribution < 1.29 is 47.6 Å². The van der Waals surface area contributed by atoms with Gasteiger partial charge in [0.2, 0.25) is 0 Å². The average molecular weight is 429 g/mol. The summed E-state index contributed by atoms with van der Waals surface area (Å²) in [6, 6.07) is 0. The standard InChI is InChI=1S/C22H46O4S.Na/c1-3-5-7-9-11-12-13-15-17-19-21-22(23,27(24,25)26)20-18-16-14-10-8-6-4-2;/h23H,3-21H2,1-2H3,(H,24,25,26);/q;+1/p-1. The van der Waals surface area contributed by atoms with Gasteiger partial charge in [-0.05, 0) is 25.7 Å². The zero-order chi connectivity index (χ0) is 20.4. The first kappa shape index (κ1) is 31.1. The van der Waals surface area contributed by atoms with Crippen LogP contribution in [0, 0.1) is 0 Å². The van der Waals surface area contributed by atoms with Crippen molar-refractivity contribution in [3.8, 4) is 0 Å². The minimum absolute atomic E-state index is 0. The molecule has 0 aliphatic heterocycles. The van der Waals surface area contributed by atoms with Gasteiger partial charge in [-0.1, -0.05) is 110 Å². The summed E-state index contributed by atoms with van der Waals surface area (Å²) in [5, 5.41) is 10.4. The Morgan fingerprint density at radius 1 is 0.607 bits per heavy atom. The fourth-order valence-electron chi connectivity index (χ4n) is 3.62. The van der Waals surface area contributed by atoms with E-state index >= 15 is 0 Å². The molecule has 0 aliphatic carbocycles. The van der Waals surface area contributed by atoms with Gasteiger partial charge < -0.3 is 9.66 Å². The molecule has 1 N–H and O–H groups in total. The van der Waals surface area contributed by atoms with E-state index in [1.165, 1.54) is 57.8 Å². The molecule has 4 nitrogen and oxygen atoms in total. The molecule has 0 spiro atoms. The monoisotopic (exact) mass is 428 g/mol. The van der Waals surface area contributed by atoms with Crippen molar-refractivity contribution in [2.24, 2.45) is 0 Å². The second-order valence-corrected chi connectivity index (χ2v) is 9.87. The topological polar surface area (TPSA) is 77.4 Å². The van der Waals surface area contributed by atoms with Crippen LogP contribution in [0.5, 0.6) is 0 Å². The van der Waals surface area contributed by atoms with Crippen LogP contribution in [0.25, 0.3) is 0 Å². The normalized spacial score (nSPS) is 13.9. The maximum Gasteiger partial charge on any atom is 1.00 e. The molecule has 0 aliphatic rings. The van der Waals surface area contributed by atoms with E-state index in [9.17, 15) is 18.1 Å². The summed E-state index contributed by atoms with van der Waals surface area (Å²) < 4.78 is 34.6. The van der Waals surface area contributed by atoms with Gasteiger partial charge in [0.25, 0.3) is 0 Å². The third-order valence-electron chi connectivity index (χ3n) is 5.56. The Hall–Kier alpha value is 0.870. The van der Waals surface area contributed by atoms with Crippen LogP contribution >= 0.6 is 0 Å². The fourth-order valence-corrected chi connectivity index (χ4v) is 4.41. The van der Waals surface area contributed by atoms with Gasteiger partial charge in [-0.2, -0.15) is 0 Å². The molecule has 0 heterocycles. The number of aliphatic hydroxyl groups is 1. The first-order valence-corrected chi connectivity index (χ1v) is 13.0. The van der Waals surface area contributed by atoms with Crippen LogP contribution in [0.1, 0.15) is 136 Å². The van der Waals surface area contributed by atoms with Crippen molar-refractivity contribution in [1.29, 1.82) is 0 Å². The zero-order valence-corrected chi connectivity index (χ0v) is 21.8. The van der Waals surface area contributed by atoms with Crippen molar-refractivity contribution in [3.05, 3.63) is 0 Å². The second kappa shape index (κ2) is 19.8. The quantitative estimate of drug-likeness (QED) is 0.182. The second-order valence-electron chi connectivity index (χ2n) is 8.20. The SMILES string of the molecule is CCCCCCCCCCCCC(O)(CCCCCCCCC)S(=O)(=O)[O-].[Na+]. The first-order valence-electron chi connectivity index (χ1n) is 11.5. The Morgan fingerprint density at radius 3 is 1.11 bits per heavy atom. The predicted octanol–water partition coefficient (Wildman–Crippen LogP) is 3.68. The van der Waals surface area contributed by atoms with Crippen LogP contribution < -0.4 is 29.6 Å². The van der Waals surface area contributed by atoms with E-state index < -0.39 is 15.1 Å². The molecule has 6 heteroatoms. The van der Waals surface area contributed by atoms with Crippen molar-refractivity contribution in [1.82, 2.24) is 0 Å². The van der Waals surface area contributed by atoms with E-state index in [1.54, 1.807) is 0 Å². The van der Waals surface area contributed by atoms with Gasteiger partial charge in [0.15, 0.2) is 4.93 Å². The van der Waals surface area contributed by atoms with Crippen LogP contribution in [0.15, 0.2) is 0 Å². The molecule has 0 bridgehead atoms. The van der Waals surface area contributed by atoms with Crippen molar-refractivity contribution in [2.75, 3.05) is 0 Å². The maximum atomic E-state index is 11.5. The molecule has 0 radical (unpaired) electrons. The number of unbranched alkanes of at least 4 members (excludes halogenated alkanes) is 15. The average Bonchev–Trinajstić information content (AvgIpc) is 2.61. The van der Waals surface area contributed by atoms with Gasteiger partial charge in [-0.3, -0.25) is 0 Å². The summed E-state index contributed by atoms with van der Waals surface area (Å²) in [5.41, 5.74) is 0. The molecular formula is C22H45NaO4S. The van der Waals surface area contributed by atoms with Gasteiger partial charge in [0, 0.05) is 0 Å².